The molecule has 0 aliphatic heterocycles. The van der Waals surface area contributed by atoms with Crippen LogP contribution in [-0.2, 0) is 38.9 Å². The molecule has 0 spiro atoms. The van der Waals surface area contributed by atoms with Gasteiger partial charge in [-0.2, -0.15) is 0 Å². The lowest BCUT2D eigenvalue weighted by atomic mass is 9.78. The van der Waals surface area contributed by atoms with Crippen molar-refractivity contribution in [2.75, 3.05) is 6.26 Å². The maximum absolute atomic E-state index is 12.8. The van der Waals surface area contributed by atoms with Gasteiger partial charge in [-0.15, -0.1) is 0 Å². The first-order valence-electron chi connectivity index (χ1n) is 10.4. The van der Waals surface area contributed by atoms with E-state index in [-0.39, 0.29) is 16.1 Å². The quantitative estimate of drug-likeness (QED) is 0.545. The van der Waals surface area contributed by atoms with Gasteiger partial charge in [-0.25, -0.2) is 8.42 Å². The van der Waals surface area contributed by atoms with Crippen LogP contribution >= 0.6 is 0 Å². The van der Waals surface area contributed by atoms with Crippen LogP contribution in [0.15, 0.2) is 52.3 Å². The molecule has 0 radical (unpaired) electrons. The van der Waals surface area contributed by atoms with Crippen molar-refractivity contribution in [3.8, 4) is 0 Å². The van der Waals surface area contributed by atoms with Crippen molar-refractivity contribution in [1.82, 2.24) is 0 Å². The molecule has 2 rings (SSSR count). The normalized spacial score (nSPS) is 14.2. The fourth-order valence-electron chi connectivity index (χ4n) is 3.84. The summed E-state index contributed by atoms with van der Waals surface area (Å²) in [6.45, 7) is 14.8. The summed E-state index contributed by atoms with van der Waals surface area (Å²) >= 11 is 0. The molecule has 0 N–H and O–H groups in total. The Labute approximate surface area is 185 Å². The van der Waals surface area contributed by atoms with Crippen LogP contribution in [0.25, 0.3) is 0 Å². The van der Waals surface area contributed by atoms with Gasteiger partial charge in [0.15, 0.2) is 9.84 Å². The zero-order valence-corrected chi connectivity index (χ0v) is 21.2. The van der Waals surface area contributed by atoms with E-state index in [9.17, 15) is 12.6 Å². The lowest BCUT2D eigenvalue weighted by Gasteiger charge is -2.28. The predicted octanol–water partition coefficient (Wildman–Crippen LogP) is 5.72. The highest BCUT2D eigenvalue weighted by Crippen LogP contribution is 2.34. The molecule has 0 saturated heterocycles. The summed E-state index contributed by atoms with van der Waals surface area (Å²) in [7, 11) is -4.30. The molecule has 30 heavy (non-hydrogen) atoms. The number of sulfone groups is 1. The molecule has 166 valence electrons. The van der Waals surface area contributed by atoms with Crippen molar-refractivity contribution < 1.29 is 12.6 Å². The summed E-state index contributed by atoms with van der Waals surface area (Å²) in [6.07, 6.45) is 2.74. The average Bonchev–Trinajstić information content (AvgIpc) is 2.59. The van der Waals surface area contributed by atoms with Crippen LogP contribution < -0.4 is 0 Å². The molecule has 0 fully saturated rings. The van der Waals surface area contributed by atoms with Crippen molar-refractivity contribution in [3.05, 3.63) is 59.2 Å². The molecular formula is C25H36O3S2. The van der Waals surface area contributed by atoms with Gasteiger partial charge in [0.2, 0.25) is 0 Å². The summed E-state index contributed by atoms with van der Waals surface area (Å²) in [4.78, 5) is 1.33. The topological polar surface area (TPSA) is 51.2 Å². The molecule has 0 aliphatic rings. The first-order chi connectivity index (χ1) is 13.6. The number of benzene rings is 2. The molecule has 5 heteroatoms. The third kappa shape index (κ3) is 6.27. The molecular weight excluding hydrogens is 412 g/mol. The van der Waals surface area contributed by atoms with Crippen molar-refractivity contribution in [2.24, 2.45) is 5.41 Å². The van der Waals surface area contributed by atoms with Crippen LogP contribution in [0.1, 0.15) is 65.2 Å². The van der Waals surface area contributed by atoms with Gasteiger partial charge < -0.3 is 0 Å². The molecule has 0 aromatic heterocycles. The van der Waals surface area contributed by atoms with E-state index < -0.39 is 20.6 Å². The minimum Gasteiger partial charge on any atom is -0.254 e. The number of hydrogen-bond donors (Lipinski definition) is 0. The smallest absolute Gasteiger partial charge is 0.175 e. The Morgan fingerprint density at radius 1 is 0.933 bits per heavy atom. The van der Waals surface area contributed by atoms with Crippen molar-refractivity contribution in [3.63, 3.8) is 0 Å². The summed E-state index contributed by atoms with van der Waals surface area (Å²) < 4.78 is 37.2. The van der Waals surface area contributed by atoms with E-state index in [1.54, 1.807) is 12.1 Å². The summed E-state index contributed by atoms with van der Waals surface area (Å²) in [5, 5.41) is 0.0703. The highest BCUT2D eigenvalue weighted by Gasteiger charge is 2.26. The van der Waals surface area contributed by atoms with E-state index in [0.717, 1.165) is 22.4 Å². The van der Waals surface area contributed by atoms with Gasteiger partial charge in [0.1, 0.15) is 0 Å². The first kappa shape index (κ1) is 24.8. The van der Waals surface area contributed by atoms with Gasteiger partial charge in [0.25, 0.3) is 0 Å². The number of hydrogen-bond acceptors (Lipinski definition) is 3. The molecule has 0 amide bonds. The van der Waals surface area contributed by atoms with Crippen LogP contribution in [0.3, 0.4) is 0 Å². The third-order valence-corrected chi connectivity index (χ3v) is 8.06. The Morgan fingerprint density at radius 2 is 1.53 bits per heavy atom. The van der Waals surface area contributed by atoms with Crippen LogP contribution in [0.2, 0.25) is 0 Å². The molecule has 3 nitrogen and oxygen atoms in total. The zero-order valence-electron chi connectivity index (χ0n) is 19.6. The Morgan fingerprint density at radius 3 is 2.07 bits per heavy atom. The Kier molecular flexibility index (Phi) is 7.41. The lowest BCUT2D eigenvalue weighted by Crippen LogP contribution is -2.22. The standard InChI is InChI=1S/C25H36O3S2/c1-18(2)29(26)22-14-13-19(15-21(22)24(3,4)5)16-25(6,7)17-20-11-9-10-12-23(20)30(8,27)28/h9-15,18H,16-17H2,1-8H3. The molecule has 0 bridgehead atoms. The monoisotopic (exact) mass is 448 g/mol. The Balaban J connectivity index is 2.39. The SMILES string of the molecule is CC(C)S(=O)c1ccc(CC(C)(C)Cc2ccccc2S(C)(=O)=O)cc1C(C)(C)C. The van der Waals surface area contributed by atoms with Crippen LogP contribution in [0.4, 0.5) is 0 Å². The molecule has 0 aliphatic carbocycles. The zero-order chi connectivity index (χ0) is 22.9. The van der Waals surface area contributed by atoms with E-state index in [1.165, 1.54) is 11.8 Å². The Bertz CT molecular complexity index is 1030. The second-order valence-electron chi connectivity index (χ2n) is 10.3. The summed E-state index contributed by atoms with van der Waals surface area (Å²) in [6, 6.07) is 13.6. The maximum atomic E-state index is 12.8. The van der Waals surface area contributed by atoms with E-state index in [2.05, 4.69) is 46.8 Å². The van der Waals surface area contributed by atoms with Gasteiger partial charge in [-0.3, -0.25) is 4.21 Å². The second-order valence-corrected chi connectivity index (χ2v) is 14.3. The van der Waals surface area contributed by atoms with Gasteiger partial charge in [0.05, 0.1) is 15.7 Å². The fourth-order valence-corrected chi connectivity index (χ4v) is 6.08. The molecule has 2 aromatic rings. The average molecular weight is 449 g/mol. The third-order valence-electron chi connectivity index (χ3n) is 5.22. The maximum Gasteiger partial charge on any atom is 0.175 e. The van der Waals surface area contributed by atoms with E-state index in [1.807, 2.05) is 32.0 Å². The molecule has 0 heterocycles. The minimum atomic E-state index is -3.26. The molecule has 2 aromatic carbocycles. The largest absolute Gasteiger partial charge is 0.254 e. The van der Waals surface area contributed by atoms with Gasteiger partial charge in [-0.1, -0.05) is 78.8 Å². The van der Waals surface area contributed by atoms with Crippen LogP contribution in [0.5, 0.6) is 0 Å². The molecule has 1 atom stereocenters. The van der Waals surface area contributed by atoms with Crippen molar-refractivity contribution in [1.29, 1.82) is 0 Å². The number of rotatable bonds is 7. The predicted molar refractivity (Wildman–Crippen MR) is 127 cm³/mol. The van der Waals surface area contributed by atoms with Crippen molar-refractivity contribution in [2.45, 2.75) is 81.8 Å². The van der Waals surface area contributed by atoms with Crippen LogP contribution in [0, 0.1) is 5.41 Å². The summed E-state index contributed by atoms with van der Waals surface area (Å²) in [5.74, 6) is 0. The van der Waals surface area contributed by atoms with Crippen LogP contribution in [-0.4, -0.2) is 24.1 Å². The lowest BCUT2D eigenvalue weighted by molar-refractivity contribution is 0.358. The first-order valence-corrected chi connectivity index (χ1v) is 13.5. The van der Waals surface area contributed by atoms with E-state index in [0.29, 0.717) is 11.3 Å². The fraction of sp³-hybridized carbons (Fsp3) is 0.520. The second kappa shape index (κ2) is 8.96. The summed E-state index contributed by atoms with van der Waals surface area (Å²) in [5.41, 5.74) is 2.93. The molecule has 0 saturated carbocycles. The van der Waals surface area contributed by atoms with Gasteiger partial charge >= 0.3 is 0 Å². The van der Waals surface area contributed by atoms with E-state index in [4.69, 9.17) is 0 Å². The highest BCUT2D eigenvalue weighted by atomic mass is 32.2. The molecule has 1 unspecified atom stereocenters. The Hall–Kier alpha value is -1.46. The van der Waals surface area contributed by atoms with Gasteiger partial charge in [0, 0.05) is 16.4 Å². The highest BCUT2D eigenvalue weighted by molar-refractivity contribution is 7.90. The minimum absolute atomic E-state index is 0.0703. The van der Waals surface area contributed by atoms with Gasteiger partial charge in [-0.05, 0) is 52.5 Å². The van der Waals surface area contributed by atoms with Crippen molar-refractivity contribution >= 4 is 20.6 Å². The van der Waals surface area contributed by atoms with E-state index >= 15 is 0 Å².